The minimum atomic E-state index is -4.75. The number of alkyl halides is 3. The monoisotopic (exact) mass is 261 g/mol. The number of benzene rings is 1. The van der Waals surface area contributed by atoms with Crippen LogP contribution in [0.3, 0.4) is 0 Å². The smallest absolute Gasteiger partial charge is 0.403 e. The van der Waals surface area contributed by atoms with Crippen molar-refractivity contribution in [3.63, 3.8) is 0 Å². The summed E-state index contributed by atoms with van der Waals surface area (Å²) in [7, 11) is 1.44. The maximum absolute atomic E-state index is 12.5. The number of hydrogen-bond donors (Lipinski definition) is 1. The number of carboxylic acid groups (broad SMARTS) is 1. The highest BCUT2D eigenvalue weighted by Crippen LogP contribution is 2.28. The normalized spacial score (nSPS) is 13.2. The summed E-state index contributed by atoms with van der Waals surface area (Å²) in [6.07, 6.45) is -4.75. The highest BCUT2D eigenvalue weighted by atomic mass is 19.4. The lowest BCUT2D eigenvalue weighted by atomic mass is 10.1. The number of hydrogen-bond acceptors (Lipinski definition) is 2. The van der Waals surface area contributed by atoms with E-state index < -0.39 is 24.6 Å². The first-order chi connectivity index (χ1) is 8.21. The summed E-state index contributed by atoms with van der Waals surface area (Å²) in [6.45, 7) is 1.25. The van der Waals surface area contributed by atoms with Crippen LogP contribution in [0.2, 0.25) is 0 Å². The van der Waals surface area contributed by atoms with Gasteiger partial charge in [0.15, 0.2) is 5.92 Å². The van der Waals surface area contributed by atoms with Crippen LogP contribution in [0.4, 0.5) is 18.9 Å². The molecule has 3 nitrogen and oxygen atoms in total. The molecule has 1 atom stereocenters. The second-order valence-corrected chi connectivity index (χ2v) is 4.15. The molecule has 6 heteroatoms. The Balaban J connectivity index is 2.82. The molecule has 0 saturated carbocycles. The van der Waals surface area contributed by atoms with Crippen LogP contribution < -0.4 is 4.90 Å². The van der Waals surface area contributed by atoms with E-state index in [1.807, 2.05) is 6.92 Å². The van der Waals surface area contributed by atoms with Gasteiger partial charge in [-0.15, -0.1) is 0 Å². The van der Waals surface area contributed by atoms with Crippen LogP contribution in [0.1, 0.15) is 5.56 Å². The number of nitrogens with zero attached hydrogens (tertiary/aromatic N) is 1. The summed E-state index contributed by atoms with van der Waals surface area (Å²) in [5, 5.41) is 8.60. The summed E-state index contributed by atoms with van der Waals surface area (Å²) in [5.41, 5.74) is 1.54. The van der Waals surface area contributed by atoms with E-state index in [1.165, 1.54) is 11.9 Å². The molecule has 0 radical (unpaired) electrons. The van der Waals surface area contributed by atoms with Crippen molar-refractivity contribution < 1.29 is 23.1 Å². The molecule has 1 aromatic carbocycles. The van der Waals surface area contributed by atoms with E-state index >= 15 is 0 Å². The van der Waals surface area contributed by atoms with Crippen molar-refractivity contribution in [3.05, 3.63) is 29.8 Å². The third kappa shape index (κ3) is 3.65. The van der Waals surface area contributed by atoms with Gasteiger partial charge in [0, 0.05) is 19.3 Å². The van der Waals surface area contributed by atoms with Gasteiger partial charge in [-0.2, -0.15) is 13.2 Å². The molecule has 1 rings (SSSR count). The van der Waals surface area contributed by atoms with Crippen LogP contribution in [-0.4, -0.2) is 30.8 Å². The van der Waals surface area contributed by atoms with Crippen LogP contribution in [-0.2, 0) is 4.79 Å². The second kappa shape index (κ2) is 5.29. The second-order valence-electron chi connectivity index (χ2n) is 4.15. The molecule has 0 aliphatic rings. The summed E-state index contributed by atoms with van der Waals surface area (Å²) in [6, 6.07) is 6.83. The van der Waals surface area contributed by atoms with Gasteiger partial charge >= 0.3 is 12.1 Å². The fourth-order valence-corrected chi connectivity index (χ4v) is 1.50. The zero-order chi connectivity index (χ0) is 13.9. The predicted molar refractivity (Wildman–Crippen MR) is 61.6 cm³/mol. The van der Waals surface area contributed by atoms with Crippen molar-refractivity contribution in [3.8, 4) is 0 Å². The first-order valence-corrected chi connectivity index (χ1v) is 5.29. The Bertz CT molecular complexity index is 414. The van der Waals surface area contributed by atoms with Crippen LogP contribution in [0.15, 0.2) is 24.3 Å². The molecule has 0 bridgehead atoms. The Labute approximate surface area is 103 Å². The van der Waals surface area contributed by atoms with E-state index in [0.29, 0.717) is 5.69 Å². The van der Waals surface area contributed by atoms with Gasteiger partial charge in [0.2, 0.25) is 0 Å². The highest BCUT2D eigenvalue weighted by molar-refractivity contribution is 5.72. The van der Waals surface area contributed by atoms with Gasteiger partial charge < -0.3 is 10.0 Å². The molecule has 0 fully saturated rings. The lowest BCUT2D eigenvalue weighted by molar-refractivity contribution is -0.191. The van der Waals surface area contributed by atoms with Gasteiger partial charge in [0.25, 0.3) is 0 Å². The molecular weight excluding hydrogens is 247 g/mol. The minimum absolute atomic E-state index is 0.552. The molecule has 1 N–H and O–H groups in total. The zero-order valence-electron chi connectivity index (χ0n) is 10.0. The molecule has 1 unspecified atom stereocenters. The number of aryl methyl sites for hydroxylation is 1. The Morgan fingerprint density at radius 2 is 1.83 bits per heavy atom. The Morgan fingerprint density at radius 3 is 2.22 bits per heavy atom. The number of rotatable bonds is 4. The van der Waals surface area contributed by atoms with E-state index in [0.717, 1.165) is 5.56 Å². The van der Waals surface area contributed by atoms with E-state index in [9.17, 15) is 18.0 Å². The lowest BCUT2D eigenvalue weighted by Gasteiger charge is -2.25. The average molecular weight is 261 g/mol. The van der Waals surface area contributed by atoms with Crippen LogP contribution in [0.25, 0.3) is 0 Å². The molecule has 18 heavy (non-hydrogen) atoms. The van der Waals surface area contributed by atoms with Crippen molar-refractivity contribution in [2.75, 3.05) is 18.5 Å². The first-order valence-electron chi connectivity index (χ1n) is 5.29. The number of carboxylic acids is 1. The lowest BCUT2D eigenvalue weighted by Crippen LogP contribution is -2.40. The molecule has 0 spiro atoms. The SMILES string of the molecule is Cc1ccc(N(C)CC(C(=O)O)C(F)(F)F)cc1. The summed E-state index contributed by atoms with van der Waals surface area (Å²) in [5.74, 6) is -4.25. The topological polar surface area (TPSA) is 40.5 Å². The number of aliphatic carboxylic acids is 1. The van der Waals surface area contributed by atoms with Gasteiger partial charge in [-0.25, -0.2) is 0 Å². The molecule has 0 heterocycles. The minimum Gasteiger partial charge on any atom is -0.481 e. The number of anilines is 1. The maximum atomic E-state index is 12.5. The van der Waals surface area contributed by atoms with Gasteiger partial charge in [-0.1, -0.05) is 17.7 Å². The fourth-order valence-electron chi connectivity index (χ4n) is 1.50. The Hall–Kier alpha value is -1.72. The van der Waals surface area contributed by atoms with Crippen molar-refractivity contribution in [1.29, 1.82) is 0 Å². The largest absolute Gasteiger partial charge is 0.481 e. The maximum Gasteiger partial charge on any atom is 0.403 e. The molecule has 1 aromatic rings. The standard InChI is InChI=1S/C12H14F3NO2/c1-8-3-5-9(6-4-8)16(2)7-10(11(17)18)12(13,14)15/h3-6,10H,7H2,1-2H3,(H,17,18). The van der Waals surface area contributed by atoms with Crippen molar-refractivity contribution in [2.24, 2.45) is 5.92 Å². The molecule has 0 saturated heterocycles. The van der Waals surface area contributed by atoms with Crippen LogP contribution >= 0.6 is 0 Å². The van der Waals surface area contributed by atoms with Crippen molar-refractivity contribution in [1.82, 2.24) is 0 Å². The third-order valence-corrected chi connectivity index (χ3v) is 2.62. The Morgan fingerprint density at radius 1 is 1.33 bits per heavy atom. The molecular formula is C12H14F3NO2. The van der Waals surface area contributed by atoms with Crippen LogP contribution in [0.5, 0.6) is 0 Å². The third-order valence-electron chi connectivity index (χ3n) is 2.62. The van der Waals surface area contributed by atoms with Crippen LogP contribution in [0, 0.1) is 12.8 Å². The van der Waals surface area contributed by atoms with E-state index in [1.54, 1.807) is 24.3 Å². The van der Waals surface area contributed by atoms with Gasteiger partial charge in [-0.3, -0.25) is 4.79 Å². The van der Waals surface area contributed by atoms with E-state index in [-0.39, 0.29) is 0 Å². The number of carbonyl (C=O) groups is 1. The zero-order valence-corrected chi connectivity index (χ0v) is 10.0. The van der Waals surface area contributed by atoms with Crippen molar-refractivity contribution in [2.45, 2.75) is 13.1 Å². The molecule has 0 aliphatic heterocycles. The number of halogens is 3. The molecule has 0 amide bonds. The Kier molecular flexibility index (Phi) is 4.21. The van der Waals surface area contributed by atoms with Gasteiger partial charge in [-0.05, 0) is 19.1 Å². The van der Waals surface area contributed by atoms with E-state index in [4.69, 9.17) is 5.11 Å². The highest BCUT2D eigenvalue weighted by Gasteiger charge is 2.45. The summed E-state index contributed by atoms with van der Waals surface area (Å²) >= 11 is 0. The quantitative estimate of drug-likeness (QED) is 0.905. The van der Waals surface area contributed by atoms with Crippen molar-refractivity contribution >= 4 is 11.7 Å². The van der Waals surface area contributed by atoms with Gasteiger partial charge in [0.05, 0.1) is 0 Å². The first kappa shape index (κ1) is 14.3. The fraction of sp³-hybridized carbons (Fsp3) is 0.417. The van der Waals surface area contributed by atoms with Gasteiger partial charge in [0.1, 0.15) is 0 Å². The predicted octanol–water partition coefficient (Wildman–Crippen LogP) is 2.69. The molecule has 0 aromatic heterocycles. The molecule has 100 valence electrons. The summed E-state index contributed by atoms with van der Waals surface area (Å²) in [4.78, 5) is 11.9. The summed E-state index contributed by atoms with van der Waals surface area (Å²) < 4.78 is 37.5. The average Bonchev–Trinajstić information content (AvgIpc) is 2.24. The van der Waals surface area contributed by atoms with E-state index in [2.05, 4.69) is 0 Å². The molecule has 0 aliphatic carbocycles.